The van der Waals surface area contributed by atoms with Crippen molar-refractivity contribution in [1.82, 2.24) is 0 Å². The second kappa shape index (κ2) is 3.47. The number of nitrogens with one attached hydrogen (secondary N) is 1. The van der Waals surface area contributed by atoms with Crippen LogP contribution in [0.1, 0.15) is 11.6 Å². The van der Waals surface area contributed by atoms with E-state index in [1.165, 1.54) is 0 Å². The zero-order valence-electron chi connectivity index (χ0n) is 5.86. The van der Waals surface area contributed by atoms with Gasteiger partial charge in [0.15, 0.2) is 6.04 Å². The van der Waals surface area contributed by atoms with Crippen LogP contribution in [0.3, 0.4) is 0 Å². The summed E-state index contributed by atoms with van der Waals surface area (Å²) in [5.74, 6) is 0. The smallest absolute Gasteiger partial charge is 0.181 e. The summed E-state index contributed by atoms with van der Waals surface area (Å²) in [6.07, 6.45) is 0. The van der Waals surface area contributed by atoms with Crippen LogP contribution >= 0.6 is 0 Å². The van der Waals surface area contributed by atoms with Gasteiger partial charge in [-0.05, 0) is 5.56 Å². The van der Waals surface area contributed by atoms with Gasteiger partial charge < -0.3 is 0 Å². The predicted octanol–water partition coefficient (Wildman–Crippen LogP) is 2.28. The van der Waals surface area contributed by atoms with Gasteiger partial charge in [0.25, 0.3) is 0 Å². The van der Waals surface area contributed by atoms with E-state index in [-0.39, 0.29) is 0 Å². The van der Waals surface area contributed by atoms with E-state index in [2.05, 4.69) is 5.11 Å². The molecule has 54 valence electrons. The molecule has 0 fully saturated rings. The van der Waals surface area contributed by atoms with Crippen LogP contribution in [-0.2, 0) is 0 Å². The maximum absolute atomic E-state index is 8.52. The molecule has 1 unspecified atom stereocenters. The lowest BCUT2D eigenvalue weighted by Crippen LogP contribution is -1.88. The first kappa shape index (κ1) is 7.42. The van der Waals surface area contributed by atoms with Gasteiger partial charge in [-0.3, -0.25) is 0 Å². The maximum atomic E-state index is 8.52. The highest BCUT2D eigenvalue weighted by atomic mass is 15.0. The largest absolute Gasteiger partial charge is 0.208 e. The normalized spacial score (nSPS) is 11.5. The Morgan fingerprint density at radius 3 is 2.45 bits per heavy atom. The van der Waals surface area contributed by atoms with Crippen molar-refractivity contribution in [1.29, 1.82) is 10.8 Å². The van der Waals surface area contributed by atoms with Crippen molar-refractivity contribution in [3.8, 4) is 6.07 Å². The van der Waals surface area contributed by atoms with E-state index in [0.29, 0.717) is 0 Å². The lowest BCUT2D eigenvalue weighted by atomic mass is 10.1. The molecule has 0 heterocycles. The van der Waals surface area contributed by atoms with E-state index in [0.717, 1.165) is 5.56 Å². The zero-order chi connectivity index (χ0) is 8.10. The summed E-state index contributed by atoms with van der Waals surface area (Å²) in [6, 6.07) is 10.4. The Labute approximate surface area is 64.8 Å². The standard InChI is InChI=1S/C8H7N3/c9-6-8(11-10)7-4-2-1-3-5-7/h1-5,8,10H. The van der Waals surface area contributed by atoms with Crippen molar-refractivity contribution in [2.45, 2.75) is 6.04 Å². The van der Waals surface area contributed by atoms with Crippen LogP contribution in [0.15, 0.2) is 35.4 Å². The number of benzene rings is 1. The summed E-state index contributed by atoms with van der Waals surface area (Å²) in [5, 5.41) is 11.7. The molecule has 1 aromatic rings. The van der Waals surface area contributed by atoms with Crippen LogP contribution in [0.4, 0.5) is 0 Å². The lowest BCUT2D eigenvalue weighted by Gasteiger charge is -1.98. The van der Waals surface area contributed by atoms with Crippen LogP contribution in [-0.4, -0.2) is 0 Å². The number of nitrogens with zero attached hydrogens (tertiary/aromatic N) is 2. The van der Waals surface area contributed by atoms with Gasteiger partial charge in [-0.15, -0.1) is 0 Å². The summed E-state index contributed by atoms with van der Waals surface area (Å²) < 4.78 is 0. The van der Waals surface area contributed by atoms with E-state index in [1.54, 1.807) is 12.1 Å². The molecule has 0 aliphatic carbocycles. The van der Waals surface area contributed by atoms with Crippen molar-refractivity contribution in [2.24, 2.45) is 5.11 Å². The minimum Gasteiger partial charge on any atom is -0.208 e. The quantitative estimate of drug-likeness (QED) is 0.637. The Morgan fingerprint density at radius 1 is 1.36 bits per heavy atom. The molecule has 1 atom stereocenters. The zero-order valence-corrected chi connectivity index (χ0v) is 5.86. The number of nitriles is 1. The molecule has 0 aromatic heterocycles. The first-order valence-corrected chi connectivity index (χ1v) is 3.19. The third-order valence-corrected chi connectivity index (χ3v) is 1.37. The number of rotatable bonds is 2. The van der Waals surface area contributed by atoms with E-state index < -0.39 is 6.04 Å². The van der Waals surface area contributed by atoms with Crippen LogP contribution in [0, 0.1) is 16.9 Å². The third kappa shape index (κ3) is 1.62. The molecule has 1 N–H and O–H groups in total. The Morgan fingerprint density at radius 2 is 2.00 bits per heavy atom. The molecule has 0 spiro atoms. The SMILES string of the molecule is N#CC(N=N)c1ccccc1. The van der Waals surface area contributed by atoms with Crippen LogP contribution in [0.25, 0.3) is 0 Å². The fourth-order valence-electron chi connectivity index (χ4n) is 0.813. The second-order valence-corrected chi connectivity index (χ2v) is 2.07. The van der Waals surface area contributed by atoms with Gasteiger partial charge in [0.1, 0.15) is 0 Å². The molecule has 0 saturated carbocycles. The van der Waals surface area contributed by atoms with Crippen molar-refractivity contribution >= 4 is 0 Å². The topological polar surface area (TPSA) is 60.0 Å². The lowest BCUT2D eigenvalue weighted by molar-refractivity contribution is 0.814. The van der Waals surface area contributed by atoms with Crippen molar-refractivity contribution < 1.29 is 0 Å². The highest BCUT2D eigenvalue weighted by Gasteiger charge is 2.05. The molecule has 11 heavy (non-hydrogen) atoms. The van der Waals surface area contributed by atoms with E-state index in [4.69, 9.17) is 10.8 Å². The molecule has 0 radical (unpaired) electrons. The van der Waals surface area contributed by atoms with E-state index in [9.17, 15) is 0 Å². The van der Waals surface area contributed by atoms with E-state index in [1.807, 2.05) is 24.3 Å². The van der Waals surface area contributed by atoms with Crippen LogP contribution in [0.2, 0.25) is 0 Å². The van der Waals surface area contributed by atoms with Gasteiger partial charge in [0.2, 0.25) is 0 Å². The fourth-order valence-corrected chi connectivity index (χ4v) is 0.813. The summed E-state index contributed by atoms with van der Waals surface area (Å²) in [5.41, 5.74) is 7.47. The minimum absolute atomic E-state index is 0.642. The molecular formula is C8H7N3. The van der Waals surface area contributed by atoms with Crippen molar-refractivity contribution in [3.05, 3.63) is 35.9 Å². The number of hydrogen-bond acceptors (Lipinski definition) is 3. The highest BCUT2D eigenvalue weighted by molar-refractivity contribution is 5.23. The Balaban J connectivity index is 2.93. The Kier molecular flexibility index (Phi) is 2.34. The van der Waals surface area contributed by atoms with Crippen LogP contribution < -0.4 is 0 Å². The number of hydrogen-bond donors (Lipinski definition) is 1. The molecule has 3 heteroatoms. The molecular weight excluding hydrogens is 138 g/mol. The monoisotopic (exact) mass is 145 g/mol. The van der Waals surface area contributed by atoms with Gasteiger partial charge in [-0.1, -0.05) is 30.3 Å². The first-order chi connectivity index (χ1) is 5.38. The van der Waals surface area contributed by atoms with Gasteiger partial charge in [-0.2, -0.15) is 10.4 Å². The molecule has 3 nitrogen and oxygen atoms in total. The average Bonchev–Trinajstić information content (AvgIpc) is 2.09. The van der Waals surface area contributed by atoms with Crippen LogP contribution in [0.5, 0.6) is 0 Å². The fraction of sp³-hybridized carbons (Fsp3) is 0.125. The Hall–Kier alpha value is -1.69. The summed E-state index contributed by atoms with van der Waals surface area (Å²) in [7, 11) is 0. The van der Waals surface area contributed by atoms with Crippen molar-refractivity contribution in [2.75, 3.05) is 0 Å². The summed E-state index contributed by atoms with van der Waals surface area (Å²) in [6.45, 7) is 0. The third-order valence-electron chi connectivity index (χ3n) is 1.37. The second-order valence-electron chi connectivity index (χ2n) is 2.07. The molecule has 0 amide bonds. The van der Waals surface area contributed by atoms with Gasteiger partial charge >= 0.3 is 0 Å². The predicted molar refractivity (Wildman–Crippen MR) is 39.9 cm³/mol. The van der Waals surface area contributed by atoms with Gasteiger partial charge in [0, 0.05) is 0 Å². The van der Waals surface area contributed by atoms with Gasteiger partial charge in [0.05, 0.1) is 6.07 Å². The Bertz CT molecular complexity index is 273. The maximum Gasteiger partial charge on any atom is 0.181 e. The molecule has 0 bridgehead atoms. The molecule has 0 saturated heterocycles. The molecule has 0 aliphatic rings. The van der Waals surface area contributed by atoms with Crippen molar-refractivity contribution in [3.63, 3.8) is 0 Å². The summed E-state index contributed by atoms with van der Waals surface area (Å²) >= 11 is 0. The highest BCUT2D eigenvalue weighted by Crippen LogP contribution is 2.14. The molecule has 1 rings (SSSR count). The molecule has 0 aliphatic heterocycles. The average molecular weight is 145 g/mol. The summed E-state index contributed by atoms with van der Waals surface area (Å²) in [4.78, 5) is 0. The first-order valence-electron chi connectivity index (χ1n) is 3.19. The van der Waals surface area contributed by atoms with Gasteiger partial charge in [-0.25, -0.2) is 5.53 Å². The molecule has 1 aromatic carbocycles. The van der Waals surface area contributed by atoms with E-state index >= 15 is 0 Å². The minimum atomic E-state index is -0.642.